The van der Waals surface area contributed by atoms with Crippen LogP contribution in [0, 0.1) is 5.92 Å². The van der Waals surface area contributed by atoms with Crippen molar-refractivity contribution in [1.29, 1.82) is 0 Å². The normalized spacial score (nSPS) is 25.3. The van der Waals surface area contributed by atoms with E-state index in [-0.39, 0.29) is 22.5 Å². The highest BCUT2D eigenvalue weighted by atomic mass is 35.5. The van der Waals surface area contributed by atoms with Gasteiger partial charge >= 0.3 is 0 Å². The summed E-state index contributed by atoms with van der Waals surface area (Å²) < 4.78 is 16.5. The highest BCUT2D eigenvalue weighted by molar-refractivity contribution is 6.31. The Morgan fingerprint density at radius 2 is 1.95 bits per heavy atom. The number of hydrogen-bond donors (Lipinski definition) is 3. The third kappa shape index (κ3) is 4.68. The Labute approximate surface area is 241 Å². The van der Waals surface area contributed by atoms with Crippen LogP contribution >= 0.6 is 23.2 Å². The van der Waals surface area contributed by atoms with E-state index < -0.39 is 34.6 Å². The molecule has 3 heterocycles. The van der Waals surface area contributed by atoms with E-state index in [0.717, 1.165) is 19.3 Å². The zero-order chi connectivity index (χ0) is 28.7. The second kappa shape index (κ2) is 10.9. The van der Waals surface area contributed by atoms with E-state index >= 15 is 4.39 Å². The molecule has 1 saturated heterocycles. The molecule has 208 valence electrons. The molecule has 2 fully saturated rings. The van der Waals surface area contributed by atoms with Crippen molar-refractivity contribution in [3.63, 3.8) is 0 Å². The quantitative estimate of drug-likeness (QED) is 0.277. The lowest BCUT2D eigenvalue weighted by Gasteiger charge is -2.46. The standard InChI is InChI=1S/C30H29Cl2FN4O3/c1-17(31)7-6-8-22(33)25-26(27(39)36-24-12-9-19(16-34-24)18(2)38)37-29(13-4-3-5-14-29)30(25)21-11-10-20(32)15-23(21)35-28(30)40/h6-12,15-16,25-26,37H,1,3-5,13-14H2,2H3,(H,35,40)(H,34,36,39)/b7-6-,22-8-/t25-,26+,30+/m0/s1. The third-order valence-electron chi connectivity index (χ3n) is 8.24. The van der Waals surface area contributed by atoms with Gasteiger partial charge in [-0.05, 0) is 61.7 Å². The van der Waals surface area contributed by atoms with Gasteiger partial charge in [0.15, 0.2) is 5.78 Å². The molecule has 10 heteroatoms. The summed E-state index contributed by atoms with van der Waals surface area (Å²) in [6.07, 6.45) is 9.21. The molecule has 2 amide bonds. The molecule has 3 N–H and O–H groups in total. The number of hydrogen-bond acceptors (Lipinski definition) is 5. The van der Waals surface area contributed by atoms with Gasteiger partial charge in [-0.3, -0.25) is 19.7 Å². The smallest absolute Gasteiger partial charge is 0.243 e. The Morgan fingerprint density at radius 3 is 2.60 bits per heavy atom. The van der Waals surface area contributed by atoms with Gasteiger partial charge in [-0.2, -0.15) is 0 Å². The second-order valence-electron chi connectivity index (χ2n) is 10.5. The number of carbonyl (C=O) groups is 3. The van der Waals surface area contributed by atoms with Crippen molar-refractivity contribution < 1.29 is 18.8 Å². The maximum atomic E-state index is 16.5. The van der Waals surface area contributed by atoms with E-state index in [4.69, 9.17) is 23.2 Å². The van der Waals surface area contributed by atoms with Gasteiger partial charge in [0.25, 0.3) is 0 Å². The molecule has 0 unspecified atom stereocenters. The van der Waals surface area contributed by atoms with Gasteiger partial charge in [-0.15, -0.1) is 0 Å². The van der Waals surface area contributed by atoms with E-state index in [1.807, 2.05) is 0 Å². The van der Waals surface area contributed by atoms with Crippen molar-refractivity contribution in [2.45, 2.75) is 56.0 Å². The summed E-state index contributed by atoms with van der Waals surface area (Å²) in [4.78, 5) is 43.9. The lowest BCUT2D eigenvalue weighted by atomic mass is 9.56. The van der Waals surface area contributed by atoms with Crippen molar-refractivity contribution in [1.82, 2.24) is 10.3 Å². The predicted octanol–water partition coefficient (Wildman–Crippen LogP) is 6.22. The number of aromatic nitrogens is 1. The van der Waals surface area contributed by atoms with Crippen molar-refractivity contribution in [3.8, 4) is 0 Å². The molecule has 2 spiro atoms. The summed E-state index contributed by atoms with van der Waals surface area (Å²) in [5.41, 5.74) is -0.801. The number of allylic oxidation sites excluding steroid dienone is 4. The Kier molecular flexibility index (Phi) is 7.70. The summed E-state index contributed by atoms with van der Waals surface area (Å²) >= 11 is 12.1. The first-order valence-electron chi connectivity index (χ1n) is 13.1. The number of benzene rings is 1. The number of anilines is 2. The third-order valence-corrected chi connectivity index (χ3v) is 8.60. The number of amides is 2. The average molecular weight is 583 g/mol. The Bertz CT molecular complexity index is 1450. The number of halogens is 3. The van der Waals surface area contributed by atoms with Crippen LogP contribution in [0.15, 0.2) is 72.2 Å². The molecule has 0 radical (unpaired) electrons. The average Bonchev–Trinajstić information content (AvgIpc) is 3.36. The van der Waals surface area contributed by atoms with E-state index in [0.29, 0.717) is 34.7 Å². The first-order valence-corrected chi connectivity index (χ1v) is 13.9. The number of Topliss-reactive ketones (excluding diaryl/α,β-unsaturated/α-hetero) is 1. The zero-order valence-electron chi connectivity index (χ0n) is 21.9. The predicted molar refractivity (Wildman–Crippen MR) is 154 cm³/mol. The largest absolute Gasteiger partial charge is 0.325 e. The van der Waals surface area contributed by atoms with Gasteiger partial charge in [-0.1, -0.05) is 61.2 Å². The van der Waals surface area contributed by atoms with Crippen LogP contribution in [-0.4, -0.2) is 34.2 Å². The summed E-state index contributed by atoms with van der Waals surface area (Å²) in [5.74, 6) is -2.72. The molecular weight excluding hydrogens is 554 g/mol. The van der Waals surface area contributed by atoms with Crippen LogP contribution in [0.1, 0.15) is 54.9 Å². The molecule has 1 aliphatic carbocycles. The fourth-order valence-corrected chi connectivity index (χ4v) is 6.88. The van der Waals surface area contributed by atoms with Gasteiger partial charge < -0.3 is 10.6 Å². The molecule has 3 atom stereocenters. The zero-order valence-corrected chi connectivity index (χ0v) is 23.4. The molecule has 1 aromatic carbocycles. The summed E-state index contributed by atoms with van der Waals surface area (Å²) in [7, 11) is 0. The van der Waals surface area contributed by atoms with Crippen LogP contribution in [0.4, 0.5) is 15.9 Å². The van der Waals surface area contributed by atoms with E-state index in [1.54, 1.807) is 24.3 Å². The van der Waals surface area contributed by atoms with Crippen LogP contribution in [0.3, 0.4) is 0 Å². The molecule has 7 nitrogen and oxygen atoms in total. The molecular formula is C30H29Cl2FN4O3. The maximum Gasteiger partial charge on any atom is 0.243 e. The fourth-order valence-electron chi connectivity index (χ4n) is 6.64. The van der Waals surface area contributed by atoms with Crippen molar-refractivity contribution >= 4 is 52.3 Å². The minimum absolute atomic E-state index is 0.157. The van der Waals surface area contributed by atoms with Crippen LogP contribution in [-0.2, 0) is 15.0 Å². The number of nitrogens with one attached hydrogen (secondary N) is 3. The number of nitrogens with zero attached hydrogens (tertiary/aromatic N) is 1. The van der Waals surface area contributed by atoms with Crippen LogP contribution in [0.2, 0.25) is 5.02 Å². The molecule has 2 aromatic rings. The number of ketones is 1. The Balaban J connectivity index is 1.65. The molecule has 5 rings (SSSR count). The molecule has 0 bridgehead atoms. The van der Waals surface area contributed by atoms with Gasteiger partial charge in [0.05, 0.1) is 12.0 Å². The Morgan fingerprint density at radius 1 is 1.20 bits per heavy atom. The summed E-state index contributed by atoms with van der Waals surface area (Å²) in [6.45, 7) is 5.01. The number of rotatable bonds is 6. The maximum absolute atomic E-state index is 16.5. The minimum atomic E-state index is -1.42. The molecule has 1 saturated carbocycles. The molecule has 1 aromatic heterocycles. The lowest BCUT2D eigenvalue weighted by Crippen LogP contribution is -2.60. The van der Waals surface area contributed by atoms with Gasteiger partial charge in [-0.25, -0.2) is 9.37 Å². The number of fused-ring (bicyclic) bond motifs is 3. The lowest BCUT2D eigenvalue weighted by molar-refractivity contribution is -0.125. The van der Waals surface area contributed by atoms with Crippen LogP contribution in [0.25, 0.3) is 0 Å². The van der Waals surface area contributed by atoms with Crippen LogP contribution < -0.4 is 16.0 Å². The van der Waals surface area contributed by atoms with E-state index in [2.05, 4.69) is 27.5 Å². The van der Waals surface area contributed by atoms with Crippen molar-refractivity contribution in [2.24, 2.45) is 5.92 Å². The first-order chi connectivity index (χ1) is 19.1. The van der Waals surface area contributed by atoms with Crippen molar-refractivity contribution in [2.75, 3.05) is 10.6 Å². The number of pyridine rings is 1. The van der Waals surface area contributed by atoms with Gasteiger partial charge in [0, 0.05) is 33.0 Å². The highest BCUT2D eigenvalue weighted by Gasteiger charge is 2.72. The van der Waals surface area contributed by atoms with Crippen molar-refractivity contribution in [3.05, 3.63) is 88.3 Å². The molecule has 3 aliphatic rings. The van der Waals surface area contributed by atoms with Gasteiger partial charge in [0.2, 0.25) is 11.8 Å². The first kappa shape index (κ1) is 28.2. The highest BCUT2D eigenvalue weighted by Crippen LogP contribution is 2.61. The number of carbonyl (C=O) groups excluding carboxylic acids is 3. The topological polar surface area (TPSA) is 100 Å². The molecule has 2 aliphatic heterocycles. The van der Waals surface area contributed by atoms with Crippen LogP contribution in [0.5, 0.6) is 0 Å². The summed E-state index contributed by atoms with van der Waals surface area (Å²) in [6, 6.07) is 7.05. The monoisotopic (exact) mass is 582 g/mol. The fraction of sp³-hybridized carbons (Fsp3) is 0.333. The van der Waals surface area contributed by atoms with Gasteiger partial charge in [0.1, 0.15) is 17.1 Å². The second-order valence-corrected chi connectivity index (χ2v) is 11.5. The van der Waals surface area contributed by atoms with E-state index in [1.165, 1.54) is 37.4 Å². The Hall–Kier alpha value is -3.33. The van der Waals surface area contributed by atoms with E-state index in [9.17, 15) is 14.4 Å². The molecule has 40 heavy (non-hydrogen) atoms. The minimum Gasteiger partial charge on any atom is -0.325 e. The summed E-state index contributed by atoms with van der Waals surface area (Å²) in [5, 5.41) is 9.82. The SMILES string of the molecule is C=C(Cl)/C=C\C=C(/F)[C@H]1[C@H](C(=O)Nc2ccc(C(C)=O)cn2)NC2(CCCCC2)[C@@]12C(=O)Nc1cc(Cl)ccc12.